The molecular formula is C30H40N4O3S. The Labute approximate surface area is 228 Å². The highest BCUT2D eigenvalue weighted by Gasteiger charge is 2.25. The lowest BCUT2D eigenvalue weighted by molar-refractivity contribution is -0.112. The number of hydrazone groups is 1. The van der Waals surface area contributed by atoms with E-state index in [1.54, 1.807) is 23.6 Å². The summed E-state index contributed by atoms with van der Waals surface area (Å²) < 4.78 is 25.7. The molecule has 0 aliphatic carbocycles. The van der Waals surface area contributed by atoms with Crippen molar-refractivity contribution in [2.75, 3.05) is 18.8 Å². The molecule has 1 aliphatic rings. The summed E-state index contributed by atoms with van der Waals surface area (Å²) in [5, 5.41) is 4.12. The predicted molar refractivity (Wildman–Crippen MR) is 160 cm³/mol. The fraction of sp³-hybridized carbons (Fsp3) is 0.367. The van der Waals surface area contributed by atoms with Crippen LogP contribution in [0.25, 0.3) is 5.57 Å². The molecule has 0 unspecified atom stereocenters. The van der Waals surface area contributed by atoms with E-state index < -0.39 is 10.0 Å². The van der Waals surface area contributed by atoms with Crippen molar-refractivity contribution in [1.29, 1.82) is 0 Å². The van der Waals surface area contributed by atoms with Crippen molar-refractivity contribution >= 4 is 33.8 Å². The molecule has 7 nitrogen and oxygen atoms in total. The summed E-state index contributed by atoms with van der Waals surface area (Å²) in [7, 11) is -3.16. The van der Waals surface area contributed by atoms with Crippen LogP contribution in [-0.2, 0) is 14.8 Å². The number of rotatable bonds is 11. The first-order valence-electron chi connectivity index (χ1n) is 12.8. The number of benzene rings is 1. The Balaban J connectivity index is 0.00000352. The van der Waals surface area contributed by atoms with E-state index in [1.165, 1.54) is 19.2 Å². The average Bonchev–Trinajstić information content (AvgIpc) is 2.94. The van der Waals surface area contributed by atoms with E-state index in [0.717, 1.165) is 11.1 Å². The summed E-state index contributed by atoms with van der Waals surface area (Å²) in [5.41, 5.74) is 6.03. The first-order chi connectivity index (χ1) is 18.3. The van der Waals surface area contributed by atoms with Gasteiger partial charge in [0, 0.05) is 42.9 Å². The number of allylic oxidation sites excluding steroid dienone is 6. The Bertz CT molecular complexity index is 1210. The van der Waals surface area contributed by atoms with Gasteiger partial charge in [-0.3, -0.25) is 15.2 Å². The Hall–Kier alpha value is -3.54. The molecule has 1 saturated heterocycles. The number of hydrogen-bond donors (Lipinski definition) is 1. The number of nitrogens with one attached hydrogen (secondary N) is 1. The molecule has 38 heavy (non-hydrogen) atoms. The van der Waals surface area contributed by atoms with Gasteiger partial charge < -0.3 is 0 Å². The number of nitrogens with zero attached hydrogens (tertiary/aromatic N) is 3. The Morgan fingerprint density at radius 1 is 1.16 bits per heavy atom. The van der Waals surface area contributed by atoms with Crippen LogP contribution in [0, 0.1) is 18.3 Å². The molecule has 0 amide bonds. The number of aliphatic imine (C=N–C) groups is 1. The van der Waals surface area contributed by atoms with Crippen molar-refractivity contribution in [3.05, 3.63) is 77.7 Å². The van der Waals surface area contributed by atoms with Crippen LogP contribution in [0.5, 0.6) is 0 Å². The van der Waals surface area contributed by atoms with Gasteiger partial charge in [-0.1, -0.05) is 56.2 Å². The Morgan fingerprint density at radius 3 is 2.39 bits per heavy atom. The quantitative estimate of drug-likeness (QED) is 0.135. The second kappa shape index (κ2) is 17.8. The molecule has 1 aromatic rings. The summed E-state index contributed by atoms with van der Waals surface area (Å²) in [4.78, 5) is 15.5. The number of ketones is 1. The molecule has 0 radical (unpaired) electrons. The van der Waals surface area contributed by atoms with Gasteiger partial charge in [0.15, 0.2) is 5.78 Å². The monoisotopic (exact) mass is 536 g/mol. The van der Waals surface area contributed by atoms with Gasteiger partial charge in [-0.25, -0.2) is 12.7 Å². The largest absolute Gasteiger partial charge is 0.295 e. The highest BCUT2D eigenvalue weighted by Crippen LogP contribution is 2.19. The maximum atomic E-state index is 12.1. The second-order valence-electron chi connectivity index (χ2n) is 8.29. The number of sulfonamides is 1. The van der Waals surface area contributed by atoms with Crippen molar-refractivity contribution in [3.8, 4) is 12.3 Å². The third-order valence-corrected chi connectivity index (χ3v) is 7.52. The molecule has 0 aromatic heterocycles. The first kappa shape index (κ1) is 32.5. The van der Waals surface area contributed by atoms with Crippen molar-refractivity contribution in [3.63, 3.8) is 0 Å². The third kappa shape index (κ3) is 11.7. The van der Waals surface area contributed by atoms with Gasteiger partial charge in [0.1, 0.15) is 0 Å². The molecule has 1 heterocycles. The zero-order valence-electron chi connectivity index (χ0n) is 23.1. The fourth-order valence-corrected chi connectivity index (χ4v) is 4.57. The summed E-state index contributed by atoms with van der Waals surface area (Å²) in [6.45, 7) is 10.1. The van der Waals surface area contributed by atoms with E-state index in [1.807, 2.05) is 69.5 Å². The highest BCUT2D eigenvalue weighted by molar-refractivity contribution is 7.89. The maximum absolute atomic E-state index is 12.1. The zero-order chi connectivity index (χ0) is 28.4. The predicted octanol–water partition coefficient (Wildman–Crippen LogP) is 5.37. The molecule has 1 aliphatic heterocycles. The van der Waals surface area contributed by atoms with Crippen molar-refractivity contribution in [2.45, 2.75) is 47.5 Å². The first-order valence-corrected chi connectivity index (χ1v) is 14.5. The van der Waals surface area contributed by atoms with E-state index in [9.17, 15) is 13.2 Å². The van der Waals surface area contributed by atoms with E-state index in [0.29, 0.717) is 37.1 Å². The van der Waals surface area contributed by atoms with Gasteiger partial charge in [-0.2, -0.15) is 5.10 Å². The van der Waals surface area contributed by atoms with E-state index in [-0.39, 0.29) is 17.5 Å². The summed E-state index contributed by atoms with van der Waals surface area (Å²) in [6, 6.07) is 9.98. The van der Waals surface area contributed by atoms with Crippen LogP contribution in [0.15, 0.2) is 82.2 Å². The van der Waals surface area contributed by atoms with Gasteiger partial charge in [-0.15, -0.1) is 6.42 Å². The summed E-state index contributed by atoms with van der Waals surface area (Å²) in [5.74, 6) is 2.90. The molecule has 1 aromatic carbocycles. The van der Waals surface area contributed by atoms with E-state index in [4.69, 9.17) is 6.42 Å². The fourth-order valence-electron chi connectivity index (χ4n) is 3.44. The molecule has 8 heteroatoms. The molecule has 0 bridgehead atoms. The molecule has 204 valence electrons. The Morgan fingerprint density at radius 2 is 1.82 bits per heavy atom. The van der Waals surface area contributed by atoms with Gasteiger partial charge in [0.2, 0.25) is 10.0 Å². The zero-order valence-corrected chi connectivity index (χ0v) is 23.9. The average molecular weight is 537 g/mol. The Kier molecular flexibility index (Phi) is 15.2. The molecule has 1 fully saturated rings. The van der Waals surface area contributed by atoms with Crippen LogP contribution in [-0.4, -0.2) is 49.8 Å². The molecule has 0 atom stereocenters. The van der Waals surface area contributed by atoms with Crippen LogP contribution in [0.3, 0.4) is 0 Å². The normalized spacial score (nSPS) is 16.5. The van der Waals surface area contributed by atoms with Crippen molar-refractivity contribution in [2.24, 2.45) is 16.0 Å². The van der Waals surface area contributed by atoms with E-state index >= 15 is 0 Å². The second-order valence-corrected chi connectivity index (χ2v) is 10.5. The van der Waals surface area contributed by atoms with Gasteiger partial charge in [0.25, 0.3) is 0 Å². The summed E-state index contributed by atoms with van der Waals surface area (Å²) in [6.07, 6.45) is 18.9. The molecular weight excluding hydrogens is 496 g/mol. The minimum atomic E-state index is -3.16. The topological polar surface area (TPSA) is 91.2 Å². The lowest BCUT2D eigenvalue weighted by Gasteiger charge is -2.29. The van der Waals surface area contributed by atoms with Gasteiger partial charge in [0.05, 0.1) is 12.0 Å². The van der Waals surface area contributed by atoms with Crippen molar-refractivity contribution in [1.82, 2.24) is 9.73 Å². The van der Waals surface area contributed by atoms with Crippen LogP contribution >= 0.6 is 0 Å². The SMILES string of the molecule is C#CC(=C\C=C(/C)c1ccccc1)/C(/C=N\N/C=C/C(C)=O)=C\N=CC1CCN(S(=O)(=O)CC)CC1.CC. The number of piperidine rings is 1. The van der Waals surface area contributed by atoms with Gasteiger partial charge in [-0.05, 0) is 62.8 Å². The maximum Gasteiger partial charge on any atom is 0.213 e. The van der Waals surface area contributed by atoms with Crippen LogP contribution in [0.2, 0.25) is 0 Å². The molecule has 0 spiro atoms. The number of hydrogen-bond acceptors (Lipinski definition) is 6. The summed E-state index contributed by atoms with van der Waals surface area (Å²) >= 11 is 0. The van der Waals surface area contributed by atoms with Crippen molar-refractivity contribution < 1.29 is 13.2 Å². The van der Waals surface area contributed by atoms with Crippen LogP contribution in [0.1, 0.15) is 53.0 Å². The number of terminal acetylenes is 1. The minimum Gasteiger partial charge on any atom is -0.295 e. The minimum absolute atomic E-state index is 0.0958. The number of carbonyl (C=O) groups is 1. The molecule has 2 rings (SSSR count). The molecule has 1 N–H and O–H groups in total. The molecule has 0 saturated carbocycles. The van der Waals surface area contributed by atoms with Gasteiger partial charge >= 0.3 is 0 Å². The number of carbonyl (C=O) groups excluding carboxylic acids is 1. The lowest BCUT2D eigenvalue weighted by Crippen LogP contribution is -2.39. The van der Waals surface area contributed by atoms with Crippen LogP contribution < -0.4 is 5.43 Å². The lowest BCUT2D eigenvalue weighted by atomic mass is 10.00. The highest BCUT2D eigenvalue weighted by atomic mass is 32.2. The third-order valence-electron chi connectivity index (χ3n) is 5.63. The smallest absolute Gasteiger partial charge is 0.213 e. The standard InChI is InChI=1S/C28H34N4O3S.C2H6/c1-5-26(13-12-23(3)27-10-8-7-9-11-27)28(22-31-30-17-14-24(4)33)21-29-20-25-15-18-32(19-16-25)36(34,35)6-2;1-2/h1,7-14,17,20-22,25,30H,6,15-16,18-19H2,2-4H3;1-2H3/b17-14+,23-12+,26-13+,28-21-,29-20?,31-22-;. The van der Waals surface area contributed by atoms with Crippen LogP contribution in [0.4, 0.5) is 0 Å². The van der Waals surface area contributed by atoms with E-state index in [2.05, 4.69) is 21.4 Å².